The maximum absolute atomic E-state index is 14.2. The number of pyridine rings is 2. The number of fused-ring (bicyclic) bond motifs is 2. The first kappa shape index (κ1) is 39.5. The molecule has 0 aliphatic rings. The highest BCUT2D eigenvalue weighted by molar-refractivity contribution is 14.1. The molecule has 2 aromatic carbocycles. The van der Waals surface area contributed by atoms with Crippen LogP contribution in [0, 0.1) is 18.8 Å². The molecule has 19 heteroatoms. The molecule has 272 valence electrons. The highest BCUT2D eigenvalue weighted by Crippen LogP contribution is 2.38. The molecule has 0 aliphatic carbocycles. The van der Waals surface area contributed by atoms with Crippen molar-refractivity contribution in [1.82, 2.24) is 20.9 Å². The Bertz CT molecular complexity index is 2190. The summed E-state index contributed by atoms with van der Waals surface area (Å²) in [4.78, 5) is 44.6. The van der Waals surface area contributed by atoms with Gasteiger partial charge in [0.15, 0.2) is 0 Å². The number of aliphatic hydroxyl groups excluding tert-OH is 3. The molecule has 0 radical (unpaired) electrons. The molecule has 13 nitrogen and oxygen atoms in total. The Balaban J connectivity index is 0.000000202. The van der Waals surface area contributed by atoms with Crippen molar-refractivity contribution < 1.29 is 43.4 Å². The first-order valence-electron chi connectivity index (χ1n) is 15.0. The fourth-order valence-electron chi connectivity index (χ4n) is 4.44. The molecule has 6 aromatic rings. The second kappa shape index (κ2) is 18.9. The third kappa shape index (κ3) is 10.0. The number of aliphatic hydroxyl groups is 3. The Labute approximate surface area is 329 Å². The molecular formula is C33H28F2I2N6O7S2. The maximum Gasteiger partial charge on any atom is 0.278 e. The van der Waals surface area contributed by atoms with Crippen LogP contribution >= 0.6 is 67.9 Å². The Kier molecular flexibility index (Phi) is 14.4. The van der Waals surface area contributed by atoms with E-state index in [1.807, 2.05) is 45.2 Å². The smallest absolute Gasteiger partial charge is 0.278 e. The molecule has 0 saturated heterocycles. The summed E-state index contributed by atoms with van der Waals surface area (Å²) in [7, 11) is 0. The second-order valence-electron chi connectivity index (χ2n) is 10.4. The van der Waals surface area contributed by atoms with Gasteiger partial charge in [-0.1, -0.05) is 22.7 Å². The van der Waals surface area contributed by atoms with Crippen molar-refractivity contribution in [3.63, 3.8) is 0 Å². The average Bonchev–Trinajstić information content (AvgIpc) is 3.68. The fraction of sp³-hybridized carbons (Fsp3) is 0.152. The van der Waals surface area contributed by atoms with Crippen molar-refractivity contribution in [1.29, 1.82) is 0 Å². The van der Waals surface area contributed by atoms with E-state index in [0.717, 1.165) is 7.14 Å². The largest absolute Gasteiger partial charge is 0.394 e. The average molecular weight is 977 g/mol. The van der Waals surface area contributed by atoms with Crippen molar-refractivity contribution in [3.05, 3.63) is 103 Å². The second-order valence-corrected chi connectivity index (χ2v) is 14.9. The van der Waals surface area contributed by atoms with E-state index in [1.54, 1.807) is 60.9 Å². The van der Waals surface area contributed by atoms with Gasteiger partial charge in [-0.2, -0.15) is 0 Å². The predicted octanol–water partition coefficient (Wildman–Crippen LogP) is 6.24. The summed E-state index contributed by atoms with van der Waals surface area (Å²) in [6.45, 7) is -0.997. The molecule has 0 spiro atoms. The highest BCUT2D eigenvalue weighted by atomic mass is 127. The number of hydrogen-bond acceptors (Lipinski definition) is 13. The number of rotatable bonds is 13. The molecule has 4 aromatic heterocycles. The molecule has 52 heavy (non-hydrogen) atoms. The Morgan fingerprint density at radius 3 is 1.69 bits per heavy atom. The summed E-state index contributed by atoms with van der Waals surface area (Å²) in [6, 6.07) is 16.4. The van der Waals surface area contributed by atoms with Crippen molar-refractivity contribution in [2.75, 3.05) is 37.1 Å². The summed E-state index contributed by atoms with van der Waals surface area (Å²) < 4.78 is 29.9. The van der Waals surface area contributed by atoms with E-state index in [9.17, 15) is 23.5 Å². The minimum Gasteiger partial charge on any atom is -0.394 e. The van der Waals surface area contributed by atoms with Crippen molar-refractivity contribution in [2.45, 2.75) is 6.10 Å². The molecule has 0 bridgehead atoms. The Hall–Kier alpha value is -3.68. The van der Waals surface area contributed by atoms with Crippen LogP contribution in [0.15, 0.2) is 73.1 Å². The number of hydrogen-bond donors (Lipinski definition) is 7. The van der Waals surface area contributed by atoms with Gasteiger partial charge in [0, 0.05) is 30.3 Å². The number of amides is 2. The first-order chi connectivity index (χ1) is 25.1. The zero-order chi connectivity index (χ0) is 37.2. The SMILES string of the molecule is O=C(NOCCO)c1c(Nc2ccc(I)cc2F)sc2ncccc12.O=C(NOC[C@H](O)CO)c1c(Nc2ccc(I)cc2F)sc2ncccc12. The van der Waals surface area contributed by atoms with E-state index in [2.05, 4.69) is 31.6 Å². The monoisotopic (exact) mass is 976 g/mol. The number of halogens is 4. The molecular weight excluding hydrogens is 948 g/mol. The fourth-order valence-corrected chi connectivity index (χ4v) is 7.45. The van der Waals surface area contributed by atoms with E-state index in [1.165, 1.54) is 34.8 Å². The van der Waals surface area contributed by atoms with Crippen LogP contribution in [0.2, 0.25) is 0 Å². The summed E-state index contributed by atoms with van der Waals surface area (Å²) in [6.07, 6.45) is 2.12. The van der Waals surface area contributed by atoms with Crippen LogP contribution in [-0.2, 0) is 9.68 Å². The lowest BCUT2D eigenvalue weighted by Gasteiger charge is -2.11. The summed E-state index contributed by atoms with van der Waals surface area (Å²) in [5.74, 6) is -1.94. The van der Waals surface area contributed by atoms with Crippen molar-refractivity contribution in [2.24, 2.45) is 0 Å². The van der Waals surface area contributed by atoms with Crippen molar-refractivity contribution in [3.8, 4) is 0 Å². The molecule has 0 fully saturated rings. The molecule has 4 heterocycles. The number of carbonyl (C=O) groups is 2. The summed E-state index contributed by atoms with van der Waals surface area (Å²) in [5, 5.41) is 34.8. The summed E-state index contributed by atoms with van der Waals surface area (Å²) >= 11 is 6.49. The van der Waals surface area contributed by atoms with E-state index in [0.29, 0.717) is 36.0 Å². The molecule has 0 unspecified atom stereocenters. The topological polar surface area (TPSA) is 187 Å². The number of hydroxylamine groups is 2. The van der Waals surface area contributed by atoms with Gasteiger partial charge in [0.05, 0.1) is 42.3 Å². The third-order valence-corrected chi connectivity index (χ3v) is 10.2. The highest BCUT2D eigenvalue weighted by Gasteiger charge is 2.22. The normalized spacial score (nSPS) is 11.5. The van der Waals surface area contributed by atoms with E-state index < -0.39 is 36.2 Å². The van der Waals surface area contributed by atoms with Gasteiger partial charge < -0.3 is 26.0 Å². The van der Waals surface area contributed by atoms with E-state index in [4.69, 9.17) is 19.9 Å². The van der Waals surface area contributed by atoms with Gasteiger partial charge in [0.25, 0.3) is 11.8 Å². The van der Waals surface area contributed by atoms with Crippen LogP contribution in [0.4, 0.5) is 30.2 Å². The number of benzene rings is 2. The predicted molar refractivity (Wildman–Crippen MR) is 211 cm³/mol. The quantitative estimate of drug-likeness (QED) is 0.0395. The van der Waals surface area contributed by atoms with Crippen LogP contribution in [0.25, 0.3) is 20.4 Å². The standard InChI is InChI=1S/C17H15FIN3O4S.C16H13FIN3O3S/c18-12-6-9(19)3-4-13(12)21-17-14(11-2-1-5-20-16(11)27-17)15(25)22-26-8-10(24)7-23;17-11-8-9(18)3-4-12(11)20-16-13(14(23)21-24-7-6-22)10-2-1-5-19-15(10)25-16/h1-6,10,21,23-24H,7-8H2,(H,22,25);1-5,8,20,22H,6-7H2,(H,21,23)/t10-;/m1./s1. The van der Waals surface area contributed by atoms with Crippen LogP contribution in [0.1, 0.15) is 20.7 Å². The first-order valence-corrected chi connectivity index (χ1v) is 18.8. The molecule has 0 aliphatic heterocycles. The molecule has 1 atom stereocenters. The van der Waals surface area contributed by atoms with Crippen LogP contribution < -0.4 is 21.6 Å². The Morgan fingerprint density at radius 1 is 0.769 bits per heavy atom. The number of carbonyl (C=O) groups excluding carboxylic acids is 2. The van der Waals surface area contributed by atoms with Gasteiger partial charge in [0.2, 0.25) is 0 Å². The van der Waals surface area contributed by atoms with Gasteiger partial charge in [0.1, 0.15) is 44.0 Å². The van der Waals surface area contributed by atoms with Crippen molar-refractivity contribution >= 4 is 121 Å². The van der Waals surface area contributed by atoms with Crippen LogP contribution in [0.3, 0.4) is 0 Å². The lowest BCUT2D eigenvalue weighted by atomic mass is 10.2. The molecule has 7 N–H and O–H groups in total. The zero-order valence-corrected chi connectivity index (χ0v) is 32.5. The van der Waals surface area contributed by atoms with Gasteiger partial charge >= 0.3 is 0 Å². The Morgan fingerprint density at radius 2 is 1.25 bits per heavy atom. The summed E-state index contributed by atoms with van der Waals surface area (Å²) in [5.41, 5.74) is 5.55. The number of aromatic nitrogens is 2. The number of nitrogens with zero attached hydrogens (tertiary/aromatic N) is 2. The lowest BCUT2D eigenvalue weighted by molar-refractivity contribution is -0.0294. The minimum absolute atomic E-state index is 0.0272. The maximum atomic E-state index is 14.2. The van der Waals surface area contributed by atoms with Gasteiger partial charge in [-0.05, 0) is 106 Å². The molecule has 2 amide bonds. The third-order valence-electron chi connectivity index (χ3n) is 6.75. The minimum atomic E-state index is -1.11. The lowest BCUT2D eigenvalue weighted by Crippen LogP contribution is -2.30. The molecule has 6 rings (SSSR count). The number of anilines is 4. The van der Waals surface area contributed by atoms with Gasteiger partial charge in [-0.25, -0.2) is 29.7 Å². The van der Waals surface area contributed by atoms with Gasteiger partial charge in [-0.3, -0.25) is 19.3 Å². The number of nitrogens with one attached hydrogen (secondary N) is 4. The van der Waals surface area contributed by atoms with E-state index in [-0.39, 0.29) is 36.8 Å². The van der Waals surface area contributed by atoms with Crippen LogP contribution in [0.5, 0.6) is 0 Å². The zero-order valence-electron chi connectivity index (χ0n) is 26.5. The molecule has 0 saturated carbocycles. The number of thiophene rings is 2. The van der Waals surface area contributed by atoms with Gasteiger partial charge in [-0.15, -0.1) is 0 Å². The van der Waals surface area contributed by atoms with E-state index >= 15 is 0 Å². The van der Waals surface area contributed by atoms with Crippen LogP contribution in [-0.4, -0.2) is 69.6 Å².